The average Bonchev–Trinajstić information content (AvgIpc) is 3.21. The SMILES string of the molecule is CCC(N)Cc1ccc(N(C)C2CC2)c(C(F)(F)F)c1. The van der Waals surface area contributed by atoms with Gasteiger partial charge in [-0.1, -0.05) is 13.0 Å². The molecule has 0 saturated heterocycles. The number of halogens is 3. The van der Waals surface area contributed by atoms with Crippen molar-refractivity contribution < 1.29 is 13.2 Å². The van der Waals surface area contributed by atoms with Crippen LogP contribution in [0.2, 0.25) is 0 Å². The van der Waals surface area contributed by atoms with Crippen molar-refractivity contribution >= 4 is 5.69 Å². The van der Waals surface area contributed by atoms with Crippen LogP contribution >= 0.6 is 0 Å². The number of nitrogens with two attached hydrogens (primary N) is 1. The fourth-order valence-corrected chi connectivity index (χ4v) is 2.35. The van der Waals surface area contributed by atoms with Crippen molar-refractivity contribution in [2.24, 2.45) is 5.73 Å². The molecule has 1 unspecified atom stereocenters. The van der Waals surface area contributed by atoms with Gasteiger partial charge in [0, 0.05) is 24.8 Å². The van der Waals surface area contributed by atoms with Crippen molar-refractivity contribution in [3.63, 3.8) is 0 Å². The van der Waals surface area contributed by atoms with Gasteiger partial charge in [0.15, 0.2) is 0 Å². The first kappa shape index (κ1) is 15.2. The van der Waals surface area contributed by atoms with Gasteiger partial charge in [0.25, 0.3) is 0 Å². The highest BCUT2D eigenvalue weighted by Crippen LogP contribution is 2.40. The topological polar surface area (TPSA) is 29.3 Å². The van der Waals surface area contributed by atoms with Gasteiger partial charge in [0.2, 0.25) is 0 Å². The van der Waals surface area contributed by atoms with E-state index in [-0.39, 0.29) is 17.8 Å². The summed E-state index contributed by atoms with van der Waals surface area (Å²) in [6, 6.07) is 4.75. The van der Waals surface area contributed by atoms with Gasteiger partial charge < -0.3 is 10.6 Å². The fourth-order valence-electron chi connectivity index (χ4n) is 2.35. The van der Waals surface area contributed by atoms with Gasteiger partial charge in [-0.15, -0.1) is 0 Å². The molecule has 0 amide bonds. The number of nitrogens with zero attached hydrogens (tertiary/aromatic N) is 1. The van der Waals surface area contributed by atoms with Crippen molar-refractivity contribution in [1.29, 1.82) is 0 Å². The molecule has 1 aromatic carbocycles. The van der Waals surface area contributed by atoms with Crippen molar-refractivity contribution in [3.8, 4) is 0 Å². The Morgan fingerprint density at radius 1 is 1.35 bits per heavy atom. The molecule has 2 rings (SSSR count). The lowest BCUT2D eigenvalue weighted by atomic mass is 10.0. The van der Waals surface area contributed by atoms with Crippen molar-refractivity contribution in [2.45, 2.75) is 50.9 Å². The van der Waals surface area contributed by atoms with E-state index in [0.717, 1.165) is 19.3 Å². The molecule has 1 aliphatic rings. The molecule has 112 valence electrons. The summed E-state index contributed by atoms with van der Waals surface area (Å²) in [5.74, 6) is 0. The highest BCUT2D eigenvalue weighted by atomic mass is 19.4. The molecule has 0 heterocycles. The summed E-state index contributed by atoms with van der Waals surface area (Å²) in [5.41, 5.74) is 6.20. The summed E-state index contributed by atoms with van der Waals surface area (Å²) in [5, 5.41) is 0. The van der Waals surface area contributed by atoms with Crippen LogP contribution in [0.4, 0.5) is 18.9 Å². The lowest BCUT2D eigenvalue weighted by Gasteiger charge is -2.24. The minimum atomic E-state index is -4.33. The van der Waals surface area contributed by atoms with Crippen LogP contribution < -0.4 is 10.6 Å². The maximum atomic E-state index is 13.2. The maximum absolute atomic E-state index is 13.2. The van der Waals surface area contributed by atoms with Crippen LogP contribution in [0, 0.1) is 0 Å². The third-order valence-electron chi connectivity index (χ3n) is 3.86. The summed E-state index contributed by atoms with van der Waals surface area (Å²) < 4.78 is 39.7. The van der Waals surface area contributed by atoms with E-state index in [0.29, 0.717) is 12.0 Å². The third kappa shape index (κ3) is 3.45. The molecule has 1 fully saturated rings. The smallest absolute Gasteiger partial charge is 0.371 e. The van der Waals surface area contributed by atoms with Gasteiger partial charge in [-0.3, -0.25) is 0 Å². The quantitative estimate of drug-likeness (QED) is 0.896. The van der Waals surface area contributed by atoms with Gasteiger partial charge in [-0.2, -0.15) is 13.2 Å². The van der Waals surface area contributed by atoms with Gasteiger partial charge in [0.05, 0.1) is 5.56 Å². The number of anilines is 1. The number of rotatable bonds is 5. The molecule has 2 nitrogen and oxygen atoms in total. The largest absolute Gasteiger partial charge is 0.418 e. The van der Waals surface area contributed by atoms with Crippen molar-refractivity contribution in [2.75, 3.05) is 11.9 Å². The zero-order valence-electron chi connectivity index (χ0n) is 11.9. The predicted molar refractivity (Wildman–Crippen MR) is 74.8 cm³/mol. The Morgan fingerprint density at radius 2 is 2.00 bits per heavy atom. The summed E-state index contributed by atoms with van der Waals surface area (Å²) in [7, 11) is 1.74. The van der Waals surface area contributed by atoms with E-state index >= 15 is 0 Å². The Balaban J connectivity index is 2.32. The zero-order valence-corrected chi connectivity index (χ0v) is 11.9. The summed E-state index contributed by atoms with van der Waals surface area (Å²) in [4.78, 5) is 1.74. The molecule has 1 saturated carbocycles. The lowest BCUT2D eigenvalue weighted by Crippen LogP contribution is -2.25. The summed E-state index contributed by atoms with van der Waals surface area (Å²) >= 11 is 0. The molecule has 1 aromatic rings. The van der Waals surface area contributed by atoms with Crippen LogP contribution in [-0.4, -0.2) is 19.1 Å². The van der Waals surface area contributed by atoms with E-state index in [1.807, 2.05) is 6.92 Å². The Hall–Kier alpha value is -1.23. The molecule has 1 aliphatic carbocycles. The monoisotopic (exact) mass is 286 g/mol. The van der Waals surface area contributed by atoms with E-state index in [2.05, 4.69) is 0 Å². The van der Waals surface area contributed by atoms with Crippen LogP contribution in [0.15, 0.2) is 18.2 Å². The van der Waals surface area contributed by atoms with E-state index in [9.17, 15) is 13.2 Å². The van der Waals surface area contributed by atoms with Crippen LogP contribution in [0.25, 0.3) is 0 Å². The molecular formula is C15H21F3N2. The number of hydrogen-bond acceptors (Lipinski definition) is 2. The Bertz CT molecular complexity index is 467. The lowest BCUT2D eigenvalue weighted by molar-refractivity contribution is -0.137. The fraction of sp³-hybridized carbons (Fsp3) is 0.600. The first-order valence-electron chi connectivity index (χ1n) is 7.01. The van der Waals surface area contributed by atoms with Crippen molar-refractivity contribution in [3.05, 3.63) is 29.3 Å². The van der Waals surface area contributed by atoms with Crippen LogP contribution in [0.5, 0.6) is 0 Å². The second-order valence-electron chi connectivity index (χ2n) is 5.56. The second kappa shape index (κ2) is 5.64. The summed E-state index contributed by atoms with van der Waals surface area (Å²) in [6.07, 6.45) is -1.16. The van der Waals surface area contributed by atoms with Gasteiger partial charge in [0.1, 0.15) is 0 Å². The summed E-state index contributed by atoms with van der Waals surface area (Å²) in [6.45, 7) is 1.94. The first-order valence-corrected chi connectivity index (χ1v) is 7.01. The van der Waals surface area contributed by atoms with Crippen LogP contribution in [-0.2, 0) is 12.6 Å². The minimum absolute atomic E-state index is 0.0944. The molecule has 0 bridgehead atoms. The Kier molecular flexibility index (Phi) is 4.28. The maximum Gasteiger partial charge on any atom is 0.418 e. The molecule has 0 radical (unpaired) electrons. The number of benzene rings is 1. The average molecular weight is 286 g/mol. The molecule has 1 atom stereocenters. The number of alkyl halides is 3. The number of hydrogen-bond donors (Lipinski definition) is 1. The van der Waals surface area contributed by atoms with Gasteiger partial charge in [-0.05, 0) is 43.4 Å². The molecular weight excluding hydrogens is 265 g/mol. The zero-order chi connectivity index (χ0) is 14.9. The van der Waals surface area contributed by atoms with Gasteiger partial charge in [-0.25, -0.2) is 0 Å². The van der Waals surface area contributed by atoms with E-state index < -0.39 is 11.7 Å². The predicted octanol–water partition coefficient (Wildman–Crippen LogP) is 3.58. The van der Waals surface area contributed by atoms with E-state index in [4.69, 9.17) is 5.73 Å². The molecule has 0 spiro atoms. The first-order chi connectivity index (χ1) is 9.32. The van der Waals surface area contributed by atoms with E-state index in [1.54, 1.807) is 24.1 Å². The standard InChI is InChI=1S/C15H21F3N2/c1-3-11(19)8-10-4-7-14(20(2)12-5-6-12)13(9-10)15(16,17)18/h4,7,9,11-12H,3,5-6,8,19H2,1-2H3. The van der Waals surface area contributed by atoms with E-state index in [1.165, 1.54) is 6.07 Å². The highest BCUT2D eigenvalue weighted by molar-refractivity contribution is 5.57. The highest BCUT2D eigenvalue weighted by Gasteiger charge is 2.37. The molecule has 0 aromatic heterocycles. The van der Waals surface area contributed by atoms with Gasteiger partial charge >= 0.3 is 6.18 Å². The molecule has 20 heavy (non-hydrogen) atoms. The normalized spacial score (nSPS) is 17.1. The Morgan fingerprint density at radius 3 is 2.50 bits per heavy atom. The van der Waals surface area contributed by atoms with Crippen LogP contribution in [0.3, 0.4) is 0 Å². The molecule has 2 N–H and O–H groups in total. The molecule has 5 heteroatoms. The third-order valence-corrected chi connectivity index (χ3v) is 3.86. The molecule has 0 aliphatic heterocycles. The Labute approximate surface area is 117 Å². The minimum Gasteiger partial charge on any atom is -0.371 e. The van der Waals surface area contributed by atoms with Crippen molar-refractivity contribution in [1.82, 2.24) is 0 Å². The van der Waals surface area contributed by atoms with Crippen LogP contribution in [0.1, 0.15) is 37.3 Å². The second-order valence-corrected chi connectivity index (χ2v) is 5.56.